The van der Waals surface area contributed by atoms with Crippen molar-refractivity contribution in [2.75, 3.05) is 5.32 Å². The van der Waals surface area contributed by atoms with Crippen LogP contribution in [0.4, 0.5) is 5.69 Å². The largest absolute Gasteiger partial charge is 0.339 e. The first-order valence-electron chi connectivity index (χ1n) is 7.55. The minimum Gasteiger partial charge on any atom is -0.339 e. The molecule has 1 aromatic carbocycles. The molecule has 0 radical (unpaired) electrons. The van der Waals surface area contributed by atoms with E-state index in [1.807, 2.05) is 24.3 Å². The van der Waals surface area contributed by atoms with E-state index in [1.54, 1.807) is 6.92 Å². The predicted octanol–water partition coefficient (Wildman–Crippen LogP) is 3.26. The van der Waals surface area contributed by atoms with Crippen LogP contribution in [-0.4, -0.2) is 16.0 Å². The first-order chi connectivity index (χ1) is 10.7. The highest BCUT2D eigenvalue weighted by atomic mass is 16.5. The summed E-state index contributed by atoms with van der Waals surface area (Å²) in [5.41, 5.74) is 1.80. The second-order valence-electron chi connectivity index (χ2n) is 5.54. The van der Waals surface area contributed by atoms with Gasteiger partial charge in [-0.25, -0.2) is 0 Å². The van der Waals surface area contributed by atoms with Crippen LogP contribution in [0.5, 0.6) is 0 Å². The van der Waals surface area contributed by atoms with Crippen molar-refractivity contribution >= 4 is 11.6 Å². The summed E-state index contributed by atoms with van der Waals surface area (Å²) in [6.07, 6.45) is 7.43. The molecule has 0 unspecified atom stereocenters. The number of allylic oxidation sites excluding steroid dienone is 2. The van der Waals surface area contributed by atoms with Gasteiger partial charge in [-0.05, 0) is 37.8 Å². The third kappa shape index (κ3) is 3.42. The number of aryl methyl sites for hydroxylation is 1. The van der Waals surface area contributed by atoms with Crippen LogP contribution in [0.15, 0.2) is 40.9 Å². The van der Waals surface area contributed by atoms with Gasteiger partial charge in [0.05, 0.1) is 6.42 Å². The molecule has 5 heteroatoms. The second kappa shape index (κ2) is 6.56. The fourth-order valence-electron chi connectivity index (χ4n) is 2.64. The average molecular weight is 297 g/mol. The lowest BCUT2D eigenvalue weighted by Gasteiger charge is -2.18. The maximum Gasteiger partial charge on any atom is 0.231 e. The highest BCUT2D eigenvalue weighted by Gasteiger charge is 2.19. The van der Waals surface area contributed by atoms with E-state index in [9.17, 15) is 4.79 Å². The van der Waals surface area contributed by atoms with Gasteiger partial charge in [0, 0.05) is 11.6 Å². The van der Waals surface area contributed by atoms with E-state index >= 15 is 0 Å². The van der Waals surface area contributed by atoms with Crippen molar-refractivity contribution in [1.29, 1.82) is 0 Å². The summed E-state index contributed by atoms with van der Waals surface area (Å²) in [7, 11) is 0. The summed E-state index contributed by atoms with van der Waals surface area (Å²) in [6, 6.07) is 7.74. The van der Waals surface area contributed by atoms with Crippen LogP contribution >= 0.6 is 0 Å². The molecule has 114 valence electrons. The van der Waals surface area contributed by atoms with Gasteiger partial charge in [-0.1, -0.05) is 35.5 Å². The number of benzene rings is 1. The van der Waals surface area contributed by atoms with Crippen molar-refractivity contribution in [3.63, 3.8) is 0 Å². The van der Waals surface area contributed by atoms with E-state index in [0.717, 1.165) is 30.5 Å². The quantitative estimate of drug-likeness (QED) is 0.879. The zero-order valence-electron chi connectivity index (χ0n) is 12.6. The van der Waals surface area contributed by atoms with Gasteiger partial charge >= 0.3 is 0 Å². The standard InChI is InChI=1S/C17H19N3O2/c1-12-18-16(22-20-12)11-14-9-5-6-10-15(14)19-17(21)13-7-3-2-4-8-13/h2-3,5-6,9-10,13H,4,7-8,11H2,1H3,(H,19,21)/t13-/m0/s1. The number of nitrogens with one attached hydrogen (secondary N) is 1. The predicted molar refractivity (Wildman–Crippen MR) is 83.4 cm³/mol. The van der Waals surface area contributed by atoms with E-state index in [0.29, 0.717) is 18.1 Å². The molecule has 5 nitrogen and oxygen atoms in total. The van der Waals surface area contributed by atoms with Gasteiger partial charge in [0.1, 0.15) is 0 Å². The molecule has 1 N–H and O–H groups in total. The second-order valence-corrected chi connectivity index (χ2v) is 5.54. The van der Waals surface area contributed by atoms with E-state index in [4.69, 9.17) is 4.52 Å². The van der Waals surface area contributed by atoms with Crippen LogP contribution in [0.2, 0.25) is 0 Å². The van der Waals surface area contributed by atoms with Crippen molar-refractivity contribution in [2.24, 2.45) is 5.92 Å². The van der Waals surface area contributed by atoms with Crippen LogP contribution in [0.3, 0.4) is 0 Å². The molecule has 0 spiro atoms. The number of nitrogens with zero attached hydrogens (tertiary/aromatic N) is 2. The summed E-state index contributed by atoms with van der Waals surface area (Å²) >= 11 is 0. The third-order valence-corrected chi connectivity index (χ3v) is 3.83. The molecular formula is C17H19N3O2. The number of hydrogen-bond donors (Lipinski definition) is 1. The van der Waals surface area contributed by atoms with Crippen molar-refractivity contribution in [2.45, 2.75) is 32.6 Å². The minimum absolute atomic E-state index is 0.0590. The number of aromatic nitrogens is 2. The highest BCUT2D eigenvalue weighted by Crippen LogP contribution is 2.23. The molecule has 22 heavy (non-hydrogen) atoms. The van der Waals surface area contributed by atoms with Crippen molar-refractivity contribution in [3.05, 3.63) is 53.7 Å². The summed E-state index contributed by atoms with van der Waals surface area (Å²) in [5, 5.41) is 6.84. The summed E-state index contributed by atoms with van der Waals surface area (Å²) in [6.45, 7) is 1.79. The first kappa shape index (κ1) is 14.5. The van der Waals surface area contributed by atoms with Crippen LogP contribution in [-0.2, 0) is 11.2 Å². The summed E-state index contributed by atoms with van der Waals surface area (Å²) < 4.78 is 5.16. The SMILES string of the molecule is Cc1noc(Cc2ccccc2NC(=O)[C@H]2CC=CCC2)n1. The van der Waals surface area contributed by atoms with Gasteiger partial charge in [-0.3, -0.25) is 4.79 Å². The topological polar surface area (TPSA) is 68.0 Å². The van der Waals surface area contributed by atoms with Gasteiger partial charge in [0.15, 0.2) is 5.82 Å². The van der Waals surface area contributed by atoms with Crippen LogP contribution in [0.1, 0.15) is 36.5 Å². The van der Waals surface area contributed by atoms with E-state index < -0.39 is 0 Å². The van der Waals surface area contributed by atoms with E-state index in [-0.39, 0.29) is 11.8 Å². The maximum absolute atomic E-state index is 12.4. The normalized spacial score (nSPS) is 17.4. The molecule has 1 amide bonds. The van der Waals surface area contributed by atoms with Crippen molar-refractivity contribution in [1.82, 2.24) is 10.1 Å². The molecule has 2 aromatic rings. The molecule has 3 rings (SSSR count). The number of anilines is 1. The van der Waals surface area contributed by atoms with Crippen molar-refractivity contribution in [3.8, 4) is 0 Å². The lowest BCUT2D eigenvalue weighted by atomic mass is 9.93. The molecule has 0 aliphatic heterocycles. The number of rotatable bonds is 4. The number of amides is 1. The average Bonchev–Trinajstić information content (AvgIpc) is 2.95. The maximum atomic E-state index is 12.4. The Bertz CT molecular complexity index is 691. The Kier molecular flexibility index (Phi) is 4.32. The molecule has 1 heterocycles. The van der Waals surface area contributed by atoms with Gasteiger partial charge in [-0.15, -0.1) is 0 Å². The van der Waals surface area contributed by atoms with Gasteiger partial charge in [-0.2, -0.15) is 4.98 Å². The van der Waals surface area contributed by atoms with Crippen LogP contribution in [0.25, 0.3) is 0 Å². The zero-order valence-corrected chi connectivity index (χ0v) is 12.6. The van der Waals surface area contributed by atoms with Gasteiger partial charge in [0.2, 0.25) is 11.8 Å². The Labute approximate surface area is 129 Å². The van der Waals surface area contributed by atoms with Crippen molar-refractivity contribution < 1.29 is 9.32 Å². The molecular weight excluding hydrogens is 278 g/mol. The van der Waals surface area contributed by atoms with Crippen LogP contribution < -0.4 is 5.32 Å². The lowest BCUT2D eigenvalue weighted by molar-refractivity contribution is -0.120. The Morgan fingerprint density at radius 1 is 1.36 bits per heavy atom. The molecule has 0 fully saturated rings. The third-order valence-electron chi connectivity index (χ3n) is 3.83. The Hall–Kier alpha value is -2.43. The van der Waals surface area contributed by atoms with Crippen LogP contribution in [0, 0.1) is 12.8 Å². The lowest BCUT2D eigenvalue weighted by Crippen LogP contribution is -2.24. The minimum atomic E-state index is 0.0590. The molecule has 0 saturated heterocycles. The van der Waals surface area contributed by atoms with E-state index in [1.165, 1.54) is 0 Å². The summed E-state index contributed by atoms with van der Waals surface area (Å²) in [4.78, 5) is 16.6. The molecule has 1 aliphatic rings. The molecule has 1 aromatic heterocycles. The Morgan fingerprint density at radius 2 is 2.23 bits per heavy atom. The van der Waals surface area contributed by atoms with Gasteiger partial charge < -0.3 is 9.84 Å². The number of hydrogen-bond acceptors (Lipinski definition) is 4. The summed E-state index contributed by atoms with van der Waals surface area (Å²) in [5.74, 6) is 1.31. The number of para-hydroxylation sites is 1. The Balaban J connectivity index is 1.73. The highest BCUT2D eigenvalue weighted by molar-refractivity contribution is 5.93. The molecule has 1 atom stereocenters. The first-order valence-corrected chi connectivity index (χ1v) is 7.55. The molecule has 0 saturated carbocycles. The molecule has 0 bridgehead atoms. The zero-order chi connectivity index (χ0) is 15.4. The fraction of sp³-hybridized carbons (Fsp3) is 0.353. The van der Waals surface area contributed by atoms with Gasteiger partial charge in [0.25, 0.3) is 0 Å². The smallest absolute Gasteiger partial charge is 0.231 e. The van der Waals surface area contributed by atoms with E-state index in [2.05, 4.69) is 27.6 Å². The monoisotopic (exact) mass is 297 g/mol. The Morgan fingerprint density at radius 3 is 2.95 bits per heavy atom. The fourth-order valence-corrected chi connectivity index (χ4v) is 2.64. The number of carbonyl (C=O) groups is 1. The molecule has 1 aliphatic carbocycles. The number of carbonyl (C=O) groups excluding carboxylic acids is 1.